The van der Waals surface area contributed by atoms with E-state index in [0.717, 1.165) is 25.0 Å². The van der Waals surface area contributed by atoms with Gasteiger partial charge >= 0.3 is 0 Å². The molecule has 1 atom stereocenters. The van der Waals surface area contributed by atoms with E-state index < -0.39 is 0 Å². The largest absolute Gasteiger partial charge is 0.314 e. The molecular weight excluding hydrogens is 280 g/mol. The molecule has 1 fully saturated rings. The molecule has 0 spiro atoms. The van der Waals surface area contributed by atoms with Crippen LogP contribution in [0.25, 0.3) is 0 Å². The number of alkyl halides is 1. The van der Waals surface area contributed by atoms with E-state index in [1.54, 1.807) is 16.7 Å². The lowest BCUT2D eigenvalue weighted by atomic mass is 10.0. The van der Waals surface area contributed by atoms with Gasteiger partial charge in [0.2, 0.25) is 0 Å². The number of likely N-dealkylation sites (tertiary alicyclic amines) is 1. The first kappa shape index (κ1) is 12.8. The molecule has 3 nitrogen and oxygen atoms in total. The molecule has 1 aromatic rings. The molecule has 4 heteroatoms. The summed E-state index contributed by atoms with van der Waals surface area (Å²) in [6, 6.07) is 5.97. The van der Waals surface area contributed by atoms with Crippen molar-refractivity contribution in [2.24, 2.45) is 0 Å². The average molecular weight is 299 g/mol. The first-order valence-corrected chi connectivity index (χ1v) is 7.39. The molecule has 1 saturated heterocycles. The zero-order valence-corrected chi connectivity index (χ0v) is 11.6. The summed E-state index contributed by atoms with van der Waals surface area (Å²) < 4.78 is 1.79. The van der Waals surface area contributed by atoms with Crippen LogP contribution >= 0.6 is 15.9 Å². The predicted octanol–water partition coefficient (Wildman–Crippen LogP) is 2.10. The van der Waals surface area contributed by atoms with E-state index >= 15 is 0 Å². The molecule has 1 aliphatic rings. The maximum Gasteiger partial charge on any atom is 0.250 e. The Morgan fingerprint density at radius 1 is 1.29 bits per heavy atom. The Labute approximate surface area is 111 Å². The number of nitrogens with zero attached hydrogens (tertiary/aromatic N) is 2. The summed E-state index contributed by atoms with van der Waals surface area (Å²) in [5.74, 6) is 0. The average Bonchev–Trinajstić information content (AvgIpc) is 2.38. The first-order valence-electron chi connectivity index (χ1n) is 6.27. The Balaban J connectivity index is 1.93. The summed E-state index contributed by atoms with van der Waals surface area (Å²) in [7, 11) is 0. The fourth-order valence-corrected chi connectivity index (χ4v) is 3.14. The Hall–Kier alpha value is -0.610. The van der Waals surface area contributed by atoms with Gasteiger partial charge in [0.1, 0.15) is 0 Å². The van der Waals surface area contributed by atoms with Gasteiger partial charge in [0.05, 0.1) is 0 Å². The van der Waals surface area contributed by atoms with Crippen LogP contribution in [0.5, 0.6) is 0 Å². The summed E-state index contributed by atoms with van der Waals surface area (Å²) in [6.45, 7) is 2.93. The molecule has 2 rings (SSSR count). The van der Waals surface area contributed by atoms with Gasteiger partial charge in [-0.05, 0) is 25.5 Å². The molecule has 0 amide bonds. The molecular formula is C13H19BrN2O. The quantitative estimate of drug-likeness (QED) is 0.796. The van der Waals surface area contributed by atoms with Crippen molar-refractivity contribution in [3.05, 3.63) is 34.7 Å². The third-order valence-corrected chi connectivity index (χ3v) is 4.20. The van der Waals surface area contributed by atoms with Crippen LogP contribution in [0.15, 0.2) is 29.2 Å². The normalized spacial score (nSPS) is 21.6. The molecule has 0 radical (unpaired) electrons. The summed E-state index contributed by atoms with van der Waals surface area (Å²) in [5, 5.41) is 1.04. The minimum absolute atomic E-state index is 0.0971. The van der Waals surface area contributed by atoms with Gasteiger partial charge < -0.3 is 4.57 Å². The van der Waals surface area contributed by atoms with E-state index in [1.807, 2.05) is 12.3 Å². The summed E-state index contributed by atoms with van der Waals surface area (Å²) >= 11 is 3.58. The van der Waals surface area contributed by atoms with Gasteiger partial charge in [-0.3, -0.25) is 9.69 Å². The van der Waals surface area contributed by atoms with Crippen molar-refractivity contribution >= 4 is 15.9 Å². The molecule has 0 bridgehead atoms. The summed E-state index contributed by atoms with van der Waals surface area (Å²) in [6.07, 6.45) is 5.76. The van der Waals surface area contributed by atoms with Crippen LogP contribution in [0.4, 0.5) is 0 Å². The zero-order chi connectivity index (χ0) is 12.1. The molecule has 0 saturated carbocycles. The predicted molar refractivity (Wildman–Crippen MR) is 73.7 cm³/mol. The van der Waals surface area contributed by atoms with Gasteiger partial charge in [-0.15, -0.1) is 0 Å². The number of halogens is 1. The topological polar surface area (TPSA) is 25.2 Å². The summed E-state index contributed by atoms with van der Waals surface area (Å²) in [5.41, 5.74) is 0.0971. The van der Waals surface area contributed by atoms with Gasteiger partial charge in [0.25, 0.3) is 5.56 Å². The Kier molecular flexibility index (Phi) is 4.80. The van der Waals surface area contributed by atoms with Gasteiger partial charge in [-0.25, -0.2) is 0 Å². The molecule has 94 valence electrons. The van der Waals surface area contributed by atoms with E-state index in [-0.39, 0.29) is 5.56 Å². The van der Waals surface area contributed by atoms with Gasteiger partial charge in [0.15, 0.2) is 0 Å². The number of aromatic nitrogens is 1. The third kappa shape index (κ3) is 3.42. The lowest BCUT2D eigenvalue weighted by Gasteiger charge is -2.34. The fraction of sp³-hybridized carbons (Fsp3) is 0.615. The van der Waals surface area contributed by atoms with Crippen LogP contribution in [-0.2, 0) is 6.54 Å². The van der Waals surface area contributed by atoms with E-state index in [0.29, 0.717) is 6.04 Å². The van der Waals surface area contributed by atoms with Crippen molar-refractivity contribution in [3.63, 3.8) is 0 Å². The van der Waals surface area contributed by atoms with Crippen molar-refractivity contribution < 1.29 is 0 Å². The van der Waals surface area contributed by atoms with Crippen LogP contribution in [-0.4, -0.2) is 33.9 Å². The van der Waals surface area contributed by atoms with Crippen molar-refractivity contribution in [2.45, 2.75) is 31.8 Å². The molecule has 0 aromatic carbocycles. The Morgan fingerprint density at radius 3 is 2.94 bits per heavy atom. The highest BCUT2D eigenvalue weighted by molar-refractivity contribution is 9.09. The van der Waals surface area contributed by atoms with Gasteiger partial charge in [0, 0.05) is 36.7 Å². The lowest BCUT2D eigenvalue weighted by molar-refractivity contribution is 0.158. The van der Waals surface area contributed by atoms with Gasteiger partial charge in [-0.1, -0.05) is 28.4 Å². The number of rotatable bonds is 4. The van der Waals surface area contributed by atoms with Crippen molar-refractivity contribution in [3.8, 4) is 0 Å². The number of piperidine rings is 1. The molecule has 0 N–H and O–H groups in total. The third-order valence-electron chi connectivity index (χ3n) is 3.45. The first-order chi connectivity index (χ1) is 8.31. The van der Waals surface area contributed by atoms with E-state index in [1.165, 1.54) is 19.3 Å². The second-order valence-corrected chi connectivity index (χ2v) is 5.22. The highest BCUT2D eigenvalue weighted by Crippen LogP contribution is 2.18. The maximum absolute atomic E-state index is 11.6. The summed E-state index contributed by atoms with van der Waals surface area (Å²) in [4.78, 5) is 14.1. The minimum Gasteiger partial charge on any atom is -0.314 e. The molecule has 1 unspecified atom stereocenters. The van der Waals surface area contributed by atoms with Crippen LogP contribution in [0.3, 0.4) is 0 Å². The minimum atomic E-state index is 0.0971. The fourth-order valence-electron chi connectivity index (χ4n) is 2.41. The maximum atomic E-state index is 11.6. The van der Waals surface area contributed by atoms with Crippen molar-refractivity contribution in [1.29, 1.82) is 0 Å². The molecule has 1 aromatic heterocycles. The van der Waals surface area contributed by atoms with Crippen LogP contribution in [0.2, 0.25) is 0 Å². The van der Waals surface area contributed by atoms with E-state index in [9.17, 15) is 4.79 Å². The number of hydrogen-bond donors (Lipinski definition) is 0. The van der Waals surface area contributed by atoms with Crippen LogP contribution < -0.4 is 5.56 Å². The standard InChI is InChI=1S/C13H19BrN2O/c14-11-12-5-1-3-7-15(12)9-10-16-8-4-2-6-13(16)17/h2,4,6,8,12H,1,3,5,7,9-11H2. The van der Waals surface area contributed by atoms with Crippen molar-refractivity contribution in [2.75, 3.05) is 18.4 Å². The monoisotopic (exact) mass is 298 g/mol. The molecule has 1 aliphatic heterocycles. The second kappa shape index (κ2) is 6.36. The Bertz CT molecular complexity index is 404. The zero-order valence-electron chi connectivity index (χ0n) is 10.0. The molecule has 2 heterocycles. The second-order valence-electron chi connectivity index (χ2n) is 4.57. The van der Waals surface area contributed by atoms with Crippen molar-refractivity contribution in [1.82, 2.24) is 9.47 Å². The molecule has 17 heavy (non-hydrogen) atoms. The van der Waals surface area contributed by atoms with E-state index in [2.05, 4.69) is 20.8 Å². The highest BCUT2D eigenvalue weighted by atomic mass is 79.9. The lowest BCUT2D eigenvalue weighted by Crippen LogP contribution is -2.42. The Morgan fingerprint density at radius 2 is 2.18 bits per heavy atom. The SMILES string of the molecule is O=c1ccccn1CCN1CCCCC1CBr. The number of pyridine rings is 1. The molecule has 0 aliphatic carbocycles. The smallest absolute Gasteiger partial charge is 0.250 e. The van der Waals surface area contributed by atoms with E-state index in [4.69, 9.17) is 0 Å². The highest BCUT2D eigenvalue weighted by Gasteiger charge is 2.20. The number of hydrogen-bond acceptors (Lipinski definition) is 2. The van der Waals surface area contributed by atoms with Crippen LogP contribution in [0.1, 0.15) is 19.3 Å². The van der Waals surface area contributed by atoms with Crippen LogP contribution in [0, 0.1) is 0 Å². The van der Waals surface area contributed by atoms with Gasteiger partial charge in [-0.2, -0.15) is 0 Å².